The third kappa shape index (κ3) is 4.50. The predicted molar refractivity (Wildman–Crippen MR) is 125 cm³/mol. The van der Waals surface area contributed by atoms with E-state index in [0.29, 0.717) is 0 Å². The number of nitrogens with zero attached hydrogens (tertiary/aromatic N) is 1. The number of rotatable bonds is 6. The average Bonchev–Trinajstić information content (AvgIpc) is 3.14. The molecule has 4 rings (SSSR count). The number of aliphatic carboxylic acids is 1. The number of morpholine rings is 1. The lowest BCUT2D eigenvalue weighted by molar-refractivity contribution is -0.177. The van der Waals surface area contributed by atoms with E-state index in [1.165, 1.54) is 11.8 Å². The summed E-state index contributed by atoms with van der Waals surface area (Å²) in [6.45, 7) is 5.52. The molecule has 2 N–H and O–H groups in total. The summed E-state index contributed by atoms with van der Waals surface area (Å²) in [7, 11) is 0. The second-order valence-corrected chi connectivity index (χ2v) is 9.34. The van der Waals surface area contributed by atoms with Gasteiger partial charge in [0.2, 0.25) is 5.91 Å². The van der Waals surface area contributed by atoms with Gasteiger partial charge in [0.1, 0.15) is 12.6 Å². The first-order chi connectivity index (χ1) is 16.2. The van der Waals surface area contributed by atoms with Gasteiger partial charge in [-0.3, -0.25) is 4.79 Å². The lowest BCUT2D eigenvalue weighted by Gasteiger charge is -2.39. The van der Waals surface area contributed by atoms with Gasteiger partial charge in [0.25, 0.3) is 0 Å². The molecule has 0 aromatic heterocycles. The molecule has 1 aliphatic heterocycles. The highest BCUT2D eigenvalue weighted by atomic mass is 16.5. The molecule has 34 heavy (non-hydrogen) atoms. The number of ether oxygens (including phenoxy) is 2. The first-order valence-electron chi connectivity index (χ1n) is 11.5. The van der Waals surface area contributed by atoms with Crippen LogP contribution < -0.4 is 5.32 Å². The molecule has 2 amide bonds. The van der Waals surface area contributed by atoms with Crippen LogP contribution in [-0.2, 0) is 19.1 Å². The number of carbonyl (C=O) groups excluding carboxylic acids is 2. The average molecular weight is 467 g/mol. The highest BCUT2D eigenvalue weighted by Crippen LogP contribution is 2.44. The maximum Gasteiger partial charge on any atom is 0.407 e. The van der Waals surface area contributed by atoms with E-state index in [1.807, 2.05) is 50.2 Å². The van der Waals surface area contributed by atoms with Crippen molar-refractivity contribution in [2.45, 2.75) is 38.3 Å². The molecule has 1 aliphatic carbocycles. The van der Waals surface area contributed by atoms with Crippen LogP contribution in [0.15, 0.2) is 48.5 Å². The molecule has 0 radical (unpaired) electrons. The molecule has 1 saturated heterocycles. The first kappa shape index (κ1) is 23.8. The number of benzene rings is 2. The normalized spacial score (nSPS) is 20.4. The molecular weight excluding hydrogens is 436 g/mol. The number of amides is 2. The van der Waals surface area contributed by atoms with Gasteiger partial charge in [0, 0.05) is 12.5 Å². The van der Waals surface area contributed by atoms with Crippen molar-refractivity contribution in [1.29, 1.82) is 0 Å². The lowest BCUT2D eigenvalue weighted by atomic mass is 9.98. The van der Waals surface area contributed by atoms with Gasteiger partial charge in [-0.25, -0.2) is 9.59 Å². The quantitative estimate of drug-likeness (QED) is 0.677. The minimum atomic E-state index is -1.47. The minimum Gasteiger partial charge on any atom is -0.479 e. The second kappa shape index (κ2) is 9.46. The van der Waals surface area contributed by atoms with Gasteiger partial charge in [-0.2, -0.15) is 0 Å². The van der Waals surface area contributed by atoms with Gasteiger partial charge in [-0.05, 0) is 35.1 Å². The van der Waals surface area contributed by atoms with Gasteiger partial charge >= 0.3 is 12.1 Å². The van der Waals surface area contributed by atoms with Gasteiger partial charge in [0.15, 0.2) is 5.60 Å². The van der Waals surface area contributed by atoms with Crippen molar-refractivity contribution in [3.05, 3.63) is 59.7 Å². The van der Waals surface area contributed by atoms with E-state index < -0.39 is 23.7 Å². The summed E-state index contributed by atoms with van der Waals surface area (Å²) in [6, 6.07) is 15.3. The maximum absolute atomic E-state index is 13.2. The van der Waals surface area contributed by atoms with E-state index in [4.69, 9.17) is 9.47 Å². The van der Waals surface area contributed by atoms with Crippen LogP contribution in [0, 0.1) is 5.92 Å². The number of carboxylic acids is 1. The van der Waals surface area contributed by atoms with Crippen molar-refractivity contribution >= 4 is 18.0 Å². The second-order valence-electron chi connectivity index (χ2n) is 9.34. The van der Waals surface area contributed by atoms with E-state index >= 15 is 0 Å². The number of alkyl carbamates (subject to hydrolysis) is 1. The topological polar surface area (TPSA) is 105 Å². The number of hydrogen-bond donors (Lipinski definition) is 2. The van der Waals surface area contributed by atoms with Crippen LogP contribution in [0.25, 0.3) is 11.1 Å². The van der Waals surface area contributed by atoms with Gasteiger partial charge in [-0.15, -0.1) is 0 Å². The number of carboxylic acid groups (broad SMARTS) is 1. The summed E-state index contributed by atoms with van der Waals surface area (Å²) in [5.74, 6) is -1.77. The summed E-state index contributed by atoms with van der Waals surface area (Å²) >= 11 is 0. The molecule has 0 spiro atoms. The molecule has 8 nitrogen and oxygen atoms in total. The van der Waals surface area contributed by atoms with Crippen molar-refractivity contribution < 1.29 is 29.0 Å². The maximum atomic E-state index is 13.2. The van der Waals surface area contributed by atoms with E-state index in [0.717, 1.165) is 22.3 Å². The Balaban J connectivity index is 1.42. The molecule has 0 saturated carbocycles. The Hall–Kier alpha value is -3.39. The molecule has 2 aliphatic rings. The zero-order valence-electron chi connectivity index (χ0n) is 19.6. The van der Waals surface area contributed by atoms with Crippen LogP contribution in [0.3, 0.4) is 0 Å². The summed E-state index contributed by atoms with van der Waals surface area (Å²) < 4.78 is 11.0. The molecule has 180 valence electrons. The van der Waals surface area contributed by atoms with Crippen LogP contribution in [0.5, 0.6) is 0 Å². The van der Waals surface area contributed by atoms with Crippen molar-refractivity contribution in [3.63, 3.8) is 0 Å². The van der Waals surface area contributed by atoms with Gasteiger partial charge in [0.05, 0.1) is 13.2 Å². The Morgan fingerprint density at radius 1 is 1.12 bits per heavy atom. The first-order valence-corrected chi connectivity index (χ1v) is 11.5. The minimum absolute atomic E-state index is 0.0816. The van der Waals surface area contributed by atoms with E-state index in [1.54, 1.807) is 0 Å². The lowest BCUT2D eigenvalue weighted by Crippen LogP contribution is -2.60. The molecule has 2 atom stereocenters. The summed E-state index contributed by atoms with van der Waals surface area (Å²) in [4.78, 5) is 38.9. The summed E-state index contributed by atoms with van der Waals surface area (Å²) in [6.07, 6.45) is -0.678. The summed E-state index contributed by atoms with van der Waals surface area (Å²) in [5, 5.41) is 12.2. The van der Waals surface area contributed by atoms with Crippen LogP contribution in [0.2, 0.25) is 0 Å². The number of hydrogen-bond acceptors (Lipinski definition) is 5. The fourth-order valence-electron chi connectivity index (χ4n) is 4.66. The Morgan fingerprint density at radius 2 is 1.71 bits per heavy atom. The van der Waals surface area contributed by atoms with Crippen molar-refractivity contribution in [2.24, 2.45) is 5.92 Å². The van der Waals surface area contributed by atoms with Crippen molar-refractivity contribution in [1.82, 2.24) is 10.2 Å². The standard InChI is InChI=1S/C26H30N2O6/c1-16(2)22(23(29)28-12-13-34-26(3,15-28)24(30)31)27-25(32)33-14-21-19-10-6-4-8-17(19)18-9-5-7-11-20(18)21/h4-11,16,21-22H,12-15H2,1-3H3,(H,27,32)(H,30,31). The Labute approximate surface area is 198 Å². The SMILES string of the molecule is CC(C)C(NC(=O)OCC1c2ccccc2-c2ccccc21)C(=O)N1CCOC(C)(C(=O)O)C1. The molecule has 2 aromatic carbocycles. The van der Waals surface area contributed by atoms with Crippen molar-refractivity contribution in [3.8, 4) is 11.1 Å². The molecule has 1 fully saturated rings. The van der Waals surface area contributed by atoms with Crippen LogP contribution >= 0.6 is 0 Å². The van der Waals surface area contributed by atoms with E-state index in [-0.39, 0.29) is 44.0 Å². The molecular formula is C26H30N2O6. The largest absolute Gasteiger partial charge is 0.479 e. The summed E-state index contributed by atoms with van der Waals surface area (Å²) in [5.41, 5.74) is 3.01. The molecule has 2 aromatic rings. The van der Waals surface area contributed by atoms with Crippen molar-refractivity contribution in [2.75, 3.05) is 26.3 Å². The molecule has 8 heteroatoms. The number of nitrogens with one attached hydrogen (secondary N) is 1. The van der Waals surface area contributed by atoms with Gasteiger partial charge < -0.3 is 24.8 Å². The number of fused-ring (bicyclic) bond motifs is 3. The molecule has 2 unspecified atom stereocenters. The smallest absolute Gasteiger partial charge is 0.407 e. The monoisotopic (exact) mass is 466 g/mol. The fourth-order valence-corrected chi connectivity index (χ4v) is 4.66. The number of carbonyl (C=O) groups is 3. The Kier molecular flexibility index (Phi) is 6.61. The van der Waals surface area contributed by atoms with Crippen LogP contribution in [0.4, 0.5) is 4.79 Å². The van der Waals surface area contributed by atoms with Crippen LogP contribution in [-0.4, -0.2) is 65.9 Å². The Bertz CT molecular complexity index is 1050. The molecule has 1 heterocycles. The third-order valence-corrected chi connectivity index (χ3v) is 6.59. The van der Waals surface area contributed by atoms with Crippen LogP contribution in [0.1, 0.15) is 37.8 Å². The van der Waals surface area contributed by atoms with Gasteiger partial charge in [-0.1, -0.05) is 62.4 Å². The molecule has 0 bridgehead atoms. The third-order valence-electron chi connectivity index (χ3n) is 6.59. The van der Waals surface area contributed by atoms with E-state index in [9.17, 15) is 19.5 Å². The highest BCUT2D eigenvalue weighted by molar-refractivity contribution is 5.87. The predicted octanol–water partition coefficient (Wildman–Crippen LogP) is 3.25. The zero-order chi connectivity index (χ0) is 24.5. The Morgan fingerprint density at radius 3 is 2.26 bits per heavy atom. The zero-order valence-corrected chi connectivity index (χ0v) is 19.6. The fraction of sp³-hybridized carbons (Fsp3) is 0.423. The van der Waals surface area contributed by atoms with E-state index in [2.05, 4.69) is 17.4 Å². The highest BCUT2D eigenvalue weighted by Gasteiger charge is 2.42.